The lowest BCUT2D eigenvalue weighted by atomic mass is 9.91. The highest BCUT2D eigenvalue weighted by Crippen LogP contribution is 2.24. The third-order valence-corrected chi connectivity index (χ3v) is 2.96. The Kier molecular flexibility index (Phi) is 4.70. The number of hydrogen-bond acceptors (Lipinski definition) is 2. The van der Waals surface area contributed by atoms with Crippen LogP contribution in [-0.2, 0) is 4.79 Å². The SMILES string of the molecule is Cc1ccc(C(CCN(C)C)C(=O)O)c(C)c1. The van der Waals surface area contributed by atoms with E-state index in [9.17, 15) is 9.90 Å². The molecule has 1 aromatic rings. The van der Waals surface area contributed by atoms with Crippen LogP contribution in [0.1, 0.15) is 29.0 Å². The maximum absolute atomic E-state index is 11.3. The highest BCUT2D eigenvalue weighted by molar-refractivity contribution is 5.76. The molecule has 3 nitrogen and oxygen atoms in total. The van der Waals surface area contributed by atoms with E-state index in [1.54, 1.807) is 0 Å². The lowest BCUT2D eigenvalue weighted by Gasteiger charge is -2.18. The summed E-state index contributed by atoms with van der Waals surface area (Å²) >= 11 is 0. The van der Waals surface area contributed by atoms with Crippen molar-refractivity contribution in [2.45, 2.75) is 26.2 Å². The zero-order valence-corrected chi connectivity index (χ0v) is 11.0. The Balaban J connectivity index is 2.93. The number of aliphatic carboxylic acids is 1. The van der Waals surface area contributed by atoms with Gasteiger partial charge in [-0.25, -0.2) is 0 Å². The van der Waals surface area contributed by atoms with E-state index in [-0.39, 0.29) is 0 Å². The van der Waals surface area contributed by atoms with Crippen molar-refractivity contribution in [1.29, 1.82) is 0 Å². The molecule has 0 aliphatic heterocycles. The summed E-state index contributed by atoms with van der Waals surface area (Å²) in [4.78, 5) is 13.3. The maximum Gasteiger partial charge on any atom is 0.311 e. The van der Waals surface area contributed by atoms with Crippen LogP contribution in [0.5, 0.6) is 0 Å². The molecule has 1 aromatic carbocycles. The van der Waals surface area contributed by atoms with Crippen molar-refractivity contribution >= 4 is 5.97 Å². The molecule has 17 heavy (non-hydrogen) atoms. The van der Waals surface area contributed by atoms with Gasteiger partial charge in [-0.15, -0.1) is 0 Å². The monoisotopic (exact) mass is 235 g/mol. The zero-order valence-electron chi connectivity index (χ0n) is 11.0. The predicted molar refractivity (Wildman–Crippen MR) is 69.5 cm³/mol. The van der Waals surface area contributed by atoms with Gasteiger partial charge in [0.05, 0.1) is 5.92 Å². The zero-order chi connectivity index (χ0) is 13.0. The normalized spacial score (nSPS) is 12.8. The average molecular weight is 235 g/mol. The van der Waals surface area contributed by atoms with Crippen LogP contribution in [0.25, 0.3) is 0 Å². The fraction of sp³-hybridized carbons (Fsp3) is 0.500. The van der Waals surface area contributed by atoms with Gasteiger partial charge in [-0.3, -0.25) is 4.79 Å². The predicted octanol–water partition coefficient (Wildman–Crippen LogP) is 2.42. The standard InChI is InChI=1S/C14H21NO2/c1-10-5-6-12(11(2)9-10)13(14(16)17)7-8-15(3)4/h5-6,9,13H,7-8H2,1-4H3,(H,16,17). The molecule has 0 saturated carbocycles. The van der Waals surface area contributed by atoms with E-state index in [2.05, 4.69) is 0 Å². The van der Waals surface area contributed by atoms with Gasteiger partial charge in [0, 0.05) is 0 Å². The van der Waals surface area contributed by atoms with Crippen LogP contribution in [0.4, 0.5) is 0 Å². The van der Waals surface area contributed by atoms with Gasteiger partial charge in [0.2, 0.25) is 0 Å². The third-order valence-electron chi connectivity index (χ3n) is 2.96. The topological polar surface area (TPSA) is 40.5 Å². The molecular formula is C14H21NO2. The molecule has 0 heterocycles. The molecular weight excluding hydrogens is 214 g/mol. The number of carbonyl (C=O) groups is 1. The van der Waals surface area contributed by atoms with Crippen molar-refractivity contribution in [3.05, 3.63) is 34.9 Å². The third kappa shape index (κ3) is 3.86. The molecule has 1 unspecified atom stereocenters. The highest BCUT2D eigenvalue weighted by atomic mass is 16.4. The second kappa shape index (κ2) is 5.82. The summed E-state index contributed by atoms with van der Waals surface area (Å²) in [6, 6.07) is 5.97. The number of rotatable bonds is 5. The van der Waals surface area contributed by atoms with Gasteiger partial charge in [0.15, 0.2) is 0 Å². The lowest BCUT2D eigenvalue weighted by molar-refractivity contribution is -0.139. The smallest absolute Gasteiger partial charge is 0.311 e. The molecule has 0 radical (unpaired) electrons. The minimum atomic E-state index is -0.737. The summed E-state index contributed by atoms with van der Waals surface area (Å²) in [5.41, 5.74) is 3.17. The van der Waals surface area contributed by atoms with Crippen LogP contribution < -0.4 is 0 Å². The Bertz CT molecular complexity index is 399. The Morgan fingerprint density at radius 1 is 1.35 bits per heavy atom. The molecule has 1 atom stereocenters. The summed E-state index contributed by atoms with van der Waals surface area (Å²) in [5, 5.41) is 9.31. The molecule has 1 N–H and O–H groups in total. The van der Waals surface area contributed by atoms with Gasteiger partial charge in [0.1, 0.15) is 0 Å². The summed E-state index contributed by atoms with van der Waals surface area (Å²) in [7, 11) is 3.92. The summed E-state index contributed by atoms with van der Waals surface area (Å²) in [6.45, 7) is 4.78. The Morgan fingerprint density at radius 3 is 2.47 bits per heavy atom. The number of hydrogen-bond donors (Lipinski definition) is 1. The van der Waals surface area contributed by atoms with Crippen LogP contribution >= 0.6 is 0 Å². The van der Waals surface area contributed by atoms with Crippen molar-refractivity contribution < 1.29 is 9.90 Å². The van der Waals surface area contributed by atoms with Crippen LogP contribution in [0.3, 0.4) is 0 Å². The number of carboxylic acids is 1. The maximum atomic E-state index is 11.3. The van der Waals surface area contributed by atoms with Crippen molar-refractivity contribution in [3.8, 4) is 0 Å². The van der Waals surface area contributed by atoms with E-state index in [1.807, 2.05) is 51.0 Å². The van der Waals surface area contributed by atoms with Gasteiger partial charge >= 0.3 is 5.97 Å². The number of nitrogens with zero attached hydrogens (tertiary/aromatic N) is 1. The Labute approximate surface area is 103 Å². The second-order valence-corrected chi connectivity index (χ2v) is 4.84. The quantitative estimate of drug-likeness (QED) is 0.852. The minimum Gasteiger partial charge on any atom is -0.481 e. The van der Waals surface area contributed by atoms with Crippen LogP contribution in [0, 0.1) is 13.8 Å². The number of carboxylic acid groups (broad SMARTS) is 1. The molecule has 0 bridgehead atoms. The van der Waals surface area contributed by atoms with Crippen molar-refractivity contribution in [2.24, 2.45) is 0 Å². The largest absolute Gasteiger partial charge is 0.481 e. The molecule has 0 aromatic heterocycles. The molecule has 0 saturated heterocycles. The van der Waals surface area contributed by atoms with E-state index >= 15 is 0 Å². The molecule has 1 rings (SSSR count). The Hall–Kier alpha value is -1.35. The van der Waals surface area contributed by atoms with Crippen molar-refractivity contribution in [2.75, 3.05) is 20.6 Å². The van der Waals surface area contributed by atoms with Crippen LogP contribution in [0.2, 0.25) is 0 Å². The van der Waals surface area contributed by atoms with Crippen molar-refractivity contribution in [1.82, 2.24) is 4.90 Å². The van der Waals surface area contributed by atoms with E-state index < -0.39 is 11.9 Å². The van der Waals surface area contributed by atoms with E-state index in [1.165, 1.54) is 5.56 Å². The lowest BCUT2D eigenvalue weighted by Crippen LogP contribution is -2.21. The van der Waals surface area contributed by atoms with Gasteiger partial charge in [-0.05, 0) is 52.0 Å². The molecule has 0 spiro atoms. The van der Waals surface area contributed by atoms with Crippen LogP contribution in [-0.4, -0.2) is 36.6 Å². The van der Waals surface area contributed by atoms with Gasteiger partial charge < -0.3 is 10.0 Å². The summed E-state index contributed by atoms with van der Waals surface area (Å²) in [5.74, 6) is -1.14. The molecule has 3 heteroatoms. The average Bonchev–Trinajstić information content (AvgIpc) is 2.20. The highest BCUT2D eigenvalue weighted by Gasteiger charge is 2.21. The van der Waals surface area contributed by atoms with Gasteiger partial charge in [0.25, 0.3) is 0 Å². The fourth-order valence-corrected chi connectivity index (χ4v) is 2.02. The summed E-state index contributed by atoms with van der Waals surface area (Å²) in [6.07, 6.45) is 0.645. The van der Waals surface area contributed by atoms with E-state index in [4.69, 9.17) is 0 Å². The fourth-order valence-electron chi connectivity index (χ4n) is 2.02. The number of benzene rings is 1. The van der Waals surface area contributed by atoms with Crippen LogP contribution in [0.15, 0.2) is 18.2 Å². The molecule has 94 valence electrons. The molecule has 0 amide bonds. The Morgan fingerprint density at radius 2 is 2.00 bits per heavy atom. The number of aryl methyl sites for hydroxylation is 2. The summed E-state index contributed by atoms with van der Waals surface area (Å²) < 4.78 is 0. The molecule has 0 aliphatic rings. The van der Waals surface area contributed by atoms with E-state index in [0.29, 0.717) is 6.42 Å². The minimum absolute atomic E-state index is 0.405. The van der Waals surface area contributed by atoms with Crippen molar-refractivity contribution in [3.63, 3.8) is 0 Å². The first-order valence-corrected chi connectivity index (χ1v) is 5.86. The van der Waals surface area contributed by atoms with Gasteiger partial charge in [-0.1, -0.05) is 23.8 Å². The molecule has 0 fully saturated rings. The first kappa shape index (κ1) is 13.7. The second-order valence-electron chi connectivity index (χ2n) is 4.84. The van der Waals surface area contributed by atoms with E-state index in [0.717, 1.165) is 17.7 Å². The first-order valence-electron chi connectivity index (χ1n) is 5.86. The van der Waals surface area contributed by atoms with Gasteiger partial charge in [-0.2, -0.15) is 0 Å². The first-order chi connectivity index (χ1) is 7.91. The molecule has 0 aliphatic carbocycles.